The average Bonchev–Trinajstić information content (AvgIpc) is 2.17. The molecular formula is C12H19N3O3S. The van der Waals surface area contributed by atoms with E-state index in [-0.39, 0.29) is 4.90 Å². The maximum Gasteiger partial charge on any atom is 0.329 e. The van der Waals surface area contributed by atoms with E-state index in [1.54, 1.807) is 33.8 Å². The Morgan fingerprint density at radius 3 is 2.32 bits per heavy atom. The van der Waals surface area contributed by atoms with Gasteiger partial charge in [-0.15, -0.1) is 0 Å². The number of sulfonamides is 1. The molecule has 7 heteroatoms. The summed E-state index contributed by atoms with van der Waals surface area (Å²) >= 11 is 0. The third kappa shape index (κ3) is 4.44. The zero-order valence-corrected chi connectivity index (χ0v) is 12.3. The molecule has 0 radical (unpaired) electrons. The van der Waals surface area contributed by atoms with E-state index in [9.17, 15) is 13.2 Å². The highest BCUT2D eigenvalue weighted by Gasteiger charge is 2.21. The zero-order chi connectivity index (χ0) is 14.8. The smallest absolute Gasteiger partial charge is 0.329 e. The highest BCUT2D eigenvalue weighted by atomic mass is 32.2. The lowest BCUT2D eigenvalue weighted by Gasteiger charge is -2.20. The molecule has 4 N–H and O–H groups in total. The topological polar surface area (TPSA) is 101 Å². The summed E-state index contributed by atoms with van der Waals surface area (Å²) in [6.07, 6.45) is 0. The third-order valence-electron chi connectivity index (χ3n) is 2.28. The fourth-order valence-corrected chi connectivity index (χ4v) is 2.28. The largest absolute Gasteiger partial charge is 0.398 e. The van der Waals surface area contributed by atoms with Gasteiger partial charge in [-0.1, -0.05) is 6.07 Å². The summed E-state index contributed by atoms with van der Waals surface area (Å²) in [6, 6.07) is 3.54. The molecule has 2 amide bonds. The van der Waals surface area contributed by atoms with E-state index in [4.69, 9.17) is 5.73 Å². The summed E-state index contributed by atoms with van der Waals surface area (Å²) in [6.45, 7) is 7.03. The molecule has 0 atom stereocenters. The van der Waals surface area contributed by atoms with Crippen LogP contribution in [-0.2, 0) is 10.0 Å². The van der Waals surface area contributed by atoms with Gasteiger partial charge in [-0.2, -0.15) is 0 Å². The molecule has 0 fully saturated rings. The van der Waals surface area contributed by atoms with Crippen molar-refractivity contribution in [3.05, 3.63) is 23.8 Å². The van der Waals surface area contributed by atoms with Crippen LogP contribution in [0, 0.1) is 6.92 Å². The number of nitrogens with one attached hydrogen (secondary N) is 2. The Bertz CT molecular complexity index is 589. The fourth-order valence-electron chi connectivity index (χ4n) is 1.33. The number of hydrogen-bond acceptors (Lipinski definition) is 4. The first-order valence-electron chi connectivity index (χ1n) is 5.72. The van der Waals surface area contributed by atoms with Gasteiger partial charge in [-0.05, 0) is 45.4 Å². The maximum absolute atomic E-state index is 12.0. The van der Waals surface area contributed by atoms with Crippen molar-refractivity contribution < 1.29 is 13.2 Å². The molecule has 1 aromatic rings. The van der Waals surface area contributed by atoms with Crippen LogP contribution in [0.4, 0.5) is 10.5 Å². The molecule has 0 saturated carbocycles. The van der Waals surface area contributed by atoms with E-state index < -0.39 is 21.6 Å². The molecule has 0 aromatic heterocycles. The first-order valence-corrected chi connectivity index (χ1v) is 7.21. The molecule has 6 nitrogen and oxygen atoms in total. The van der Waals surface area contributed by atoms with Crippen LogP contribution in [0.5, 0.6) is 0 Å². The third-order valence-corrected chi connectivity index (χ3v) is 3.61. The normalized spacial score (nSPS) is 12.0. The van der Waals surface area contributed by atoms with Crippen molar-refractivity contribution in [3.8, 4) is 0 Å². The zero-order valence-electron chi connectivity index (χ0n) is 11.4. The SMILES string of the molecule is Cc1ccc(S(=O)(=O)NC(=O)NC(C)(C)C)cc1N. The van der Waals surface area contributed by atoms with E-state index in [0.717, 1.165) is 5.56 Å². The lowest BCUT2D eigenvalue weighted by molar-refractivity contribution is 0.237. The molecule has 0 aliphatic rings. The highest BCUT2D eigenvalue weighted by Crippen LogP contribution is 2.16. The molecule has 0 spiro atoms. The number of carbonyl (C=O) groups excluding carboxylic acids is 1. The molecule has 0 aliphatic heterocycles. The van der Waals surface area contributed by atoms with Gasteiger partial charge in [0.05, 0.1) is 4.90 Å². The maximum atomic E-state index is 12.0. The van der Waals surface area contributed by atoms with Crippen molar-refractivity contribution in [1.82, 2.24) is 10.0 Å². The van der Waals surface area contributed by atoms with Gasteiger partial charge in [0.15, 0.2) is 0 Å². The average molecular weight is 285 g/mol. The predicted molar refractivity (Wildman–Crippen MR) is 74.2 cm³/mol. The van der Waals surface area contributed by atoms with Gasteiger partial charge in [-0.25, -0.2) is 17.9 Å². The molecule has 0 bridgehead atoms. The minimum atomic E-state index is -3.91. The Morgan fingerprint density at radius 1 is 1.26 bits per heavy atom. The summed E-state index contributed by atoms with van der Waals surface area (Å²) in [5, 5.41) is 2.51. The van der Waals surface area contributed by atoms with Crippen molar-refractivity contribution in [3.63, 3.8) is 0 Å². The van der Waals surface area contributed by atoms with Crippen LogP contribution >= 0.6 is 0 Å². The molecule has 0 saturated heterocycles. The number of carbonyl (C=O) groups is 1. The molecule has 106 valence electrons. The van der Waals surface area contributed by atoms with Crippen LogP contribution in [0.25, 0.3) is 0 Å². The van der Waals surface area contributed by atoms with Crippen LogP contribution in [0.15, 0.2) is 23.1 Å². The van der Waals surface area contributed by atoms with E-state index >= 15 is 0 Å². The van der Waals surface area contributed by atoms with E-state index in [1.165, 1.54) is 12.1 Å². The molecule has 19 heavy (non-hydrogen) atoms. The number of rotatable bonds is 2. The summed E-state index contributed by atoms with van der Waals surface area (Å²) in [5.74, 6) is 0. The number of nitrogens with two attached hydrogens (primary N) is 1. The van der Waals surface area contributed by atoms with Crippen molar-refractivity contribution in [2.45, 2.75) is 38.1 Å². The Morgan fingerprint density at radius 2 is 1.84 bits per heavy atom. The quantitative estimate of drug-likeness (QED) is 0.714. The monoisotopic (exact) mass is 285 g/mol. The summed E-state index contributed by atoms with van der Waals surface area (Å²) < 4.78 is 25.9. The second-order valence-electron chi connectivity index (χ2n) is 5.33. The van der Waals surface area contributed by atoms with Crippen LogP contribution in [0.3, 0.4) is 0 Å². The fraction of sp³-hybridized carbons (Fsp3) is 0.417. The molecule has 0 aliphatic carbocycles. The Labute approximate surface area is 113 Å². The minimum Gasteiger partial charge on any atom is -0.398 e. The Kier molecular flexibility index (Phi) is 4.09. The number of urea groups is 1. The van der Waals surface area contributed by atoms with Gasteiger partial charge in [0.25, 0.3) is 10.0 Å². The van der Waals surface area contributed by atoms with Crippen LogP contribution in [0.1, 0.15) is 26.3 Å². The Hall–Kier alpha value is -1.76. The molecule has 1 rings (SSSR count). The predicted octanol–water partition coefficient (Wildman–Crippen LogP) is 1.36. The molecule has 0 unspecified atom stereocenters. The lowest BCUT2D eigenvalue weighted by Crippen LogP contribution is -2.48. The first kappa shape index (κ1) is 15.3. The van der Waals surface area contributed by atoms with Crippen molar-refractivity contribution in [2.24, 2.45) is 0 Å². The number of aryl methyl sites for hydroxylation is 1. The molecular weight excluding hydrogens is 266 g/mol. The van der Waals surface area contributed by atoms with Gasteiger partial charge in [0.1, 0.15) is 0 Å². The van der Waals surface area contributed by atoms with Crippen molar-refractivity contribution >= 4 is 21.7 Å². The lowest BCUT2D eigenvalue weighted by atomic mass is 10.1. The van der Waals surface area contributed by atoms with Crippen molar-refractivity contribution in [1.29, 1.82) is 0 Å². The van der Waals surface area contributed by atoms with Crippen LogP contribution in [0.2, 0.25) is 0 Å². The standard InChI is InChI=1S/C12H19N3O3S/c1-8-5-6-9(7-10(8)13)19(17,18)15-11(16)14-12(2,3)4/h5-7H,13H2,1-4H3,(H2,14,15,16). The van der Waals surface area contributed by atoms with Gasteiger partial charge in [-0.3, -0.25) is 0 Å². The number of anilines is 1. The van der Waals surface area contributed by atoms with E-state index in [2.05, 4.69) is 5.32 Å². The van der Waals surface area contributed by atoms with Gasteiger partial charge in [0.2, 0.25) is 0 Å². The van der Waals surface area contributed by atoms with Gasteiger partial charge >= 0.3 is 6.03 Å². The van der Waals surface area contributed by atoms with Crippen LogP contribution in [-0.4, -0.2) is 20.0 Å². The molecule has 1 aromatic carbocycles. The van der Waals surface area contributed by atoms with Crippen molar-refractivity contribution in [2.75, 3.05) is 5.73 Å². The van der Waals surface area contributed by atoms with Crippen LogP contribution < -0.4 is 15.8 Å². The van der Waals surface area contributed by atoms with Gasteiger partial charge < -0.3 is 11.1 Å². The second kappa shape index (κ2) is 5.08. The molecule has 0 heterocycles. The summed E-state index contributed by atoms with van der Waals surface area (Å²) in [5.41, 5.74) is 6.27. The van der Waals surface area contributed by atoms with E-state index in [1.807, 2.05) is 4.72 Å². The number of benzene rings is 1. The minimum absolute atomic E-state index is 0.0420. The summed E-state index contributed by atoms with van der Waals surface area (Å²) in [4.78, 5) is 11.5. The van der Waals surface area contributed by atoms with Gasteiger partial charge in [0, 0.05) is 11.2 Å². The highest BCUT2D eigenvalue weighted by molar-refractivity contribution is 7.90. The first-order chi connectivity index (χ1) is 8.51. The number of hydrogen-bond donors (Lipinski definition) is 3. The Balaban J connectivity index is 2.93. The van der Waals surface area contributed by atoms with E-state index in [0.29, 0.717) is 5.69 Å². The summed E-state index contributed by atoms with van der Waals surface area (Å²) in [7, 11) is -3.91. The number of nitrogen functional groups attached to an aromatic ring is 1. The number of amides is 2. The second-order valence-corrected chi connectivity index (χ2v) is 7.01.